The predicted molar refractivity (Wildman–Crippen MR) is 77.6 cm³/mol. The maximum Gasteiger partial charge on any atom is 0.161 e. The molecule has 3 heteroatoms. The van der Waals surface area contributed by atoms with E-state index in [-0.39, 0.29) is 5.78 Å². The van der Waals surface area contributed by atoms with Crippen LogP contribution in [0.15, 0.2) is 30.5 Å². The zero-order valence-corrected chi connectivity index (χ0v) is 11.4. The van der Waals surface area contributed by atoms with Gasteiger partial charge in [-0.05, 0) is 38.9 Å². The van der Waals surface area contributed by atoms with Crippen molar-refractivity contribution in [3.63, 3.8) is 0 Å². The van der Waals surface area contributed by atoms with E-state index in [0.29, 0.717) is 0 Å². The first-order chi connectivity index (χ1) is 9.25. The van der Waals surface area contributed by atoms with Crippen molar-refractivity contribution < 1.29 is 4.79 Å². The molecular weight excluding hydrogens is 236 g/mol. The van der Waals surface area contributed by atoms with E-state index < -0.39 is 0 Å². The Balaban J connectivity index is 1.87. The van der Waals surface area contributed by atoms with Crippen LogP contribution in [0.1, 0.15) is 30.1 Å². The summed E-state index contributed by atoms with van der Waals surface area (Å²) >= 11 is 0. The minimum atomic E-state index is 0.149. The number of ketones is 1. The van der Waals surface area contributed by atoms with Gasteiger partial charge < -0.3 is 9.47 Å². The minimum absolute atomic E-state index is 0.149. The third-order valence-corrected chi connectivity index (χ3v) is 4.02. The van der Waals surface area contributed by atoms with Gasteiger partial charge in [-0.1, -0.05) is 18.2 Å². The fourth-order valence-corrected chi connectivity index (χ4v) is 2.97. The van der Waals surface area contributed by atoms with E-state index in [1.165, 1.54) is 31.4 Å². The highest BCUT2D eigenvalue weighted by atomic mass is 16.1. The predicted octanol–water partition coefficient (Wildman–Crippen LogP) is 2.94. The molecule has 3 nitrogen and oxygen atoms in total. The third-order valence-electron chi connectivity index (χ3n) is 4.02. The molecule has 1 aliphatic heterocycles. The number of hydrogen-bond acceptors (Lipinski definition) is 2. The summed E-state index contributed by atoms with van der Waals surface area (Å²) < 4.78 is 2.23. The normalized spacial score (nSPS) is 16.3. The molecule has 2 aromatic rings. The molecule has 1 fully saturated rings. The van der Waals surface area contributed by atoms with Crippen LogP contribution >= 0.6 is 0 Å². The van der Waals surface area contributed by atoms with Crippen molar-refractivity contribution in [2.75, 3.05) is 19.6 Å². The van der Waals surface area contributed by atoms with Gasteiger partial charge in [-0.2, -0.15) is 0 Å². The van der Waals surface area contributed by atoms with Crippen molar-refractivity contribution in [1.82, 2.24) is 9.47 Å². The lowest BCUT2D eigenvalue weighted by molar-refractivity contribution is 0.101. The smallest absolute Gasteiger partial charge is 0.161 e. The largest absolute Gasteiger partial charge is 0.345 e. The summed E-state index contributed by atoms with van der Waals surface area (Å²) in [6, 6.07) is 8.18. The molecule has 0 spiro atoms. The number of aromatic nitrogens is 1. The zero-order chi connectivity index (χ0) is 13.2. The molecule has 0 unspecified atom stereocenters. The number of likely N-dealkylation sites (tertiary alicyclic amines) is 1. The van der Waals surface area contributed by atoms with E-state index in [9.17, 15) is 4.79 Å². The highest BCUT2D eigenvalue weighted by Gasteiger charge is 2.14. The summed E-state index contributed by atoms with van der Waals surface area (Å²) in [4.78, 5) is 14.2. The van der Waals surface area contributed by atoms with Gasteiger partial charge >= 0.3 is 0 Å². The Morgan fingerprint density at radius 1 is 1.16 bits per heavy atom. The summed E-state index contributed by atoms with van der Waals surface area (Å²) in [5, 5.41) is 1.08. The van der Waals surface area contributed by atoms with Gasteiger partial charge in [-0.15, -0.1) is 0 Å². The molecule has 0 N–H and O–H groups in total. The van der Waals surface area contributed by atoms with Crippen molar-refractivity contribution in [1.29, 1.82) is 0 Å². The minimum Gasteiger partial charge on any atom is -0.345 e. The number of nitrogens with zero attached hydrogens (tertiary/aromatic N) is 2. The van der Waals surface area contributed by atoms with E-state index in [0.717, 1.165) is 24.0 Å². The summed E-state index contributed by atoms with van der Waals surface area (Å²) in [6.07, 6.45) is 4.67. The van der Waals surface area contributed by atoms with Crippen LogP contribution in [-0.2, 0) is 6.54 Å². The van der Waals surface area contributed by atoms with E-state index in [1.807, 2.05) is 24.4 Å². The van der Waals surface area contributed by atoms with Gasteiger partial charge in [0.05, 0.1) is 0 Å². The van der Waals surface area contributed by atoms with Crippen LogP contribution in [-0.4, -0.2) is 34.9 Å². The van der Waals surface area contributed by atoms with Crippen molar-refractivity contribution >= 4 is 16.7 Å². The SMILES string of the molecule is CC(=O)c1cn(CCN2CCCC2)c2ccccc12. The van der Waals surface area contributed by atoms with Gasteiger partial charge in [0.25, 0.3) is 0 Å². The van der Waals surface area contributed by atoms with Crippen LogP contribution in [0, 0.1) is 0 Å². The van der Waals surface area contributed by atoms with Gasteiger partial charge in [0.2, 0.25) is 0 Å². The van der Waals surface area contributed by atoms with Crippen molar-refractivity contribution in [3.8, 4) is 0 Å². The molecule has 19 heavy (non-hydrogen) atoms. The average Bonchev–Trinajstić information content (AvgIpc) is 3.04. The number of fused-ring (bicyclic) bond motifs is 1. The summed E-state index contributed by atoms with van der Waals surface area (Å²) in [7, 11) is 0. The second kappa shape index (κ2) is 5.17. The quantitative estimate of drug-likeness (QED) is 0.786. The Morgan fingerprint density at radius 2 is 1.89 bits per heavy atom. The fraction of sp³-hybridized carbons (Fsp3) is 0.438. The number of para-hydroxylation sites is 1. The summed E-state index contributed by atoms with van der Waals surface area (Å²) in [6.45, 7) is 6.13. The number of benzene rings is 1. The first kappa shape index (κ1) is 12.4. The Hall–Kier alpha value is -1.61. The lowest BCUT2D eigenvalue weighted by atomic mass is 10.1. The van der Waals surface area contributed by atoms with E-state index >= 15 is 0 Å². The fourth-order valence-electron chi connectivity index (χ4n) is 2.97. The van der Waals surface area contributed by atoms with E-state index in [2.05, 4.69) is 15.5 Å². The first-order valence-electron chi connectivity index (χ1n) is 7.07. The third kappa shape index (κ3) is 2.43. The molecule has 1 aromatic carbocycles. The molecule has 0 amide bonds. The number of carbonyl (C=O) groups is 1. The lowest BCUT2D eigenvalue weighted by Crippen LogP contribution is -2.23. The molecule has 100 valence electrons. The molecule has 1 aromatic heterocycles. The Labute approximate surface area is 113 Å². The average molecular weight is 256 g/mol. The monoisotopic (exact) mass is 256 g/mol. The maximum absolute atomic E-state index is 11.7. The highest BCUT2D eigenvalue weighted by Crippen LogP contribution is 2.22. The van der Waals surface area contributed by atoms with Gasteiger partial charge in [0, 0.05) is 35.8 Å². The lowest BCUT2D eigenvalue weighted by Gasteiger charge is -2.15. The van der Waals surface area contributed by atoms with Crippen LogP contribution in [0.3, 0.4) is 0 Å². The number of hydrogen-bond donors (Lipinski definition) is 0. The van der Waals surface area contributed by atoms with E-state index in [1.54, 1.807) is 6.92 Å². The number of rotatable bonds is 4. The van der Waals surface area contributed by atoms with Crippen LogP contribution in [0.4, 0.5) is 0 Å². The summed E-state index contributed by atoms with van der Waals surface area (Å²) in [5.41, 5.74) is 2.02. The molecule has 0 saturated carbocycles. The maximum atomic E-state index is 11.7. The van der Waals surface area contributed by atoms with Gasteiger partial charge in [-0.25, -0.2) is 0 Å². The Bertz CT molecular complexity index is 594. The molecule has 1 saturated heterocycles. The summed E-state index contributed by atoms with van der Waals surface area (Å²) in [5.74, 6) is 0.149. The van der Waals surface area contributed by atoms with Gasteiger partial charge in [0.1, 0.15) is 0 Å². The molecule has 3 rings (SSSR count). The van der Waals surface area contributed by atoms with Crippen molar-refractivity contribution in [2.45, 2.75) is 26.3 Å². The standard InChI is InChI=1S/C16H20N2O/c1-13(19)15-12-18(11-10-17-8-4-5-9-17)16-7-3-2-6-14(15)16/h2-3,6-7,12H,4-5,8-11H2,1H3. The molecule has 0 aliphatic carbocycles. The number of carbonyl (C=O) groups excluding carboxylic acids is 1. The number of Topliss-reactive ketones (excluding diaryl/α,β-unsaturated/α-hetero) is 1. The second-order valence-corrected chi connectivity index (χ2v) is 5.36. The second-order valence-electron chi connectivity index (χ2n) is 5.36. The van der Waals surface area contributed by atoms with Crippen LogP contribution in [0.5, 0.6) is 0 Å². The topological polar surface area (TPSA) is 25.2 Å². The molecule has 0 atom stereocenters. The first-order valence-corrected chi connectivity index (χ1v) is 7.07. The van der Waals surface area contributed by atoms with Crippen LogP contribution in [0.2, 0.25) is 0 Å². The highest BCUT2D eigenvalue weighted by molar-refractivity contribution is 6.06. The molecular formula is C16H20N2O. The van der Waals surface area contributed by atoms with Gasteiger partial charge in [0.15, 0.2) is 5.78 Å². The van der Waals surface area contributed by atoms with Gasteiger partial charge in [-0.3, -0.25) is 4.79 Å². The van der Waals surface area contributed by atoms with E-state index in [4.69, 9.17) is 0 Å². The molecule has 0 radical (unpaired) electrons. The Morgan fingerprint density at radius 3 is 2.63 bits per heavy atom. The molecule has 0 bridgehead atoms. The van der Waals surface area contributed by atoms with Crippen molar-refractivity contribution in [3.05, 3.63) is 36.0 Å². The van der Waals surface area contributed by atoms with Crippen LogP contribution in [0.25, 0.3) is 10.9 Å². The van der Waals surface area contributed by atoms with Crippen molar-refractivity contribution in [2.24, 2.45) is 0 Å². The zero-order valence-electron chi connectivity index (χ0n) is 11.4. The van der Waals surface area contributed by atoms with Crippen LogP contribution < -0.4 is 0 Å². The Kier molecular flexibility index (Phi) is 3.38. The molecule has 1 aliphatic rings. The molecule has 2 heterocycles.